The van der Waals surface area contributed by atoms with E-state index >= 15 is 0 Å². The number of fused-ring (bicyclic) bond motifs is 1. The van der Waals surface area contributed by atoms with Crippen LogP contribution in [-0.2, 0) is 0 Å². The molecular formula is C16H13BrIN5. The maximum atomic E-state index is 4.16. The molecule has 3 aromatic rings. The minimum atomic E-state index is 0.124. The summed E-state index contributed by atoms with van der Waals surface area (Å²) in [7, 11) is 0. The highest BCUT2D eigenvalue weighted by Crippen LogP contribution is 2.37. The zero-order chi connectivity index (χ0) is 15.8. The fraction of sp³-hybridized carbons (Fsp3) is 0.188. The van der Waals surface area contributed by atoms with E-state index in [0.29, 0.717) is 5.95 Å². The lowest BCUT2D eigenvalue weighted by molar-refractivity contribution is 0.423. The average molecular weight is 482 g/mol. The van der Waals surface area contributed by atoms with Gasteiger partial charge in [-0.3, -0.25) is 0 Å². The average Bonchev–Trinajstić information content (AvgIpc) is 3.04. The molecule has 116 valence electrons. The van der Waals surface area contributed by atoms with Gasteiger partial charge >= 0.3 is 0 Å². The Bertz CT molecular complexity index is 815. The van der Waals surface area contributed by atoms with E-state index in [1.165, 1.54) is 14.7 Å². The molecule has 0 unspecified atom stereocenters. The molecule has 2 atom stereocenters. The summed E-state index contributed by atoms with van der Waals surface area (Å²) in [6, 6.07) is 17.3. The van der Waals surface area contributed by atoms with Crippen molar-refractivity contribution in [3.63, 3.8) is 0 Å². The highest BCUT2D eigenvalue weighted by Gasteiger charge is 2.30. The molecule has 1 aliphatic rings. The maximum absolute atomic E-state index is 4.16. The Hall–Kier alpha value is -1.48. The van der Waals surface area contributed by atoms with Crippen LogP contribution < -0.4 is 5.32 Å². The van der Waals surface area contributed by atoms with Crippen LogP contribution in [0.25, 0.3) is 0 Å². The fourth-order valence-corrected chi connectivity index (χ4v) is 3.54. The molecular weight excluding hydrogens is 469 g/mol. The normalized spacial score (nSPS) is 19.9. The zero-order valence-corrected chi connectivity index (χ0v) is 15.8. The summed E-state index contributed by atoms with van der Waals surface area (Å²) in [5.74, 6) is 0.715. The Kier molecular flexibility index (Phi) is 4.06. The first-order valence-corrected chi connectivity index (χ1v) is 9.13. The molecule has 1 aromatic heterocycles. The van der Waals surface area contributed by atoms with Crippen molar-refractivity contribution in [2.75, 3.05) is 5.32 Å². The lowest BCUT2D eigenvalue weighted by atomic mass is 9.93. The molecule has 23 heavy (non-hydrogen) atoms. The van der Waals surface area contributed by atoms with Crippen LogP contribution in [0.3, 0.4) is 0 Å². The van der Waals surface area contributed by atoms with Crippen LogP contribution in [0.5, 0.6) is 0 Å². The molecule has 5 nitrogen and oxygen atoms in total. The summed E-state index contributed by atoms with van der Waals surface area (Å²) >= 11 is 5.81. The fourth-order valence-electron chi connectivity index (χ4n) is 2.91. The van der Waals surface area contributed by atoms with Gasteiger partial charge in [0.2, 0.25) is 5.95 Å². The predicted octanol–water partition coefficient (Wildman–Crippen LogP) is 4.19. The van der Waals surface area contributed by atoms with E-state index in [1.54, 1.807) is 0 Å². The summed E-state index contributed by atoms with van der Waals surface area (Å²) in [4.78, 5) is 0. The van der Waals surface area contributed by atoms with Crippen LogP contribution >= 0.6 is 38.5 Å². The van der Waals surface area contributed by atoms with Crippen molar-refractivity contribution in [3.8, 4) is 0 Å². The second-order valence-corrected chi connectivity index (χ2v) is 7.66. The third kappa shape index (κ3) is 2.99. The molecule has 0 saturated carbocycles. The first-order chi connectivity index (χ1) is 11.2. The van der Waals surface area contributed by atoms with Crippen molar-refractivity contribution < 1.29 is 0 Å². The van der Waals surface area contributed by atoms with Crippen molar-refractivity contribution in [2.45, 2.75) is 18.5 Å². The van der Waals surface area contributed by atoms with Gasteiger partial charge < -0.3 is 5.32 Å². The smallest absolute Gasteiger partial charge is 0.243 e. The quantitative estimate of drug-likeness (QED) is 0.558. The topological polar surface area (TPSA) is 55.6 Å². The van der Waals surface area contributed by atoms with Crippen LogP contribution in [0.15, 0.2) is 53.0 Å². The van der Waals surface area contributed by atoms with Crippen molar-refractivity contribution >= 4 is 44.5 Å². The third-order valence-corrected chi connectivity index (χ3v) is 5.33. The second-order valence-electron chi connectivity index (χ2n) is 5.50. The van der Waals surface area contributed by atoms with Crippen LogP contribution in [-0.4, -0.2) is 20.2 Å². The van der Waals surface area contributed by atoms with Gasteiger partial charge in [0.15, 0.2) is 0 Å². The van der Waals surface area contributed by atoms with E-state index in [-0.39, 0.29) is 12.1 Å². The van der Waals surface area contributed by atoms with Crippen LogP contribution in [0, 0.1) is 3.57 Å². The Morgan fingerprint density at radius 1 is 1.04 bits per heavy atom. The largest absolute Gasteiger partial charge is 0.346 e. The molecule has 1 N–H and O–H groups in total. The Morgan fingerprint density at radius 3 is 2.48 bits per heavy atom. The molecule has 0 spiro atoms. The van der Waals surface area contributed by atoms with Gasteiger partial charge in [0.25, 0.3) is 0 Å². The number of benzene rings is 2. The number of aromatic nitrogens is 4. The van der Waals surface area contributed by atoms with Gasteiger partial charge in [0.05, 0.1) is 12.1 Å². The van der Waals surface area contributed by atoms with E-state index in [2.05, 4.69) is 108 Å². The van der Waals surface area contributed by atoms with Gasteiger partial charge in [-0.15, -0.1) is 0 Å². The highest BCUT2D eigenvalue weighted by molar-refractivity contribution is 14.1. The van der Waals surface area contributed by atoms with Crippen molar-refractivity contribution in [1.82, 2.24) is 20.2 Å². The number of hydrogen-bond acceptors (Lipinski definition) is 4. The number of nitrogens with zero attached hydrogens (tertiary/aromatic N) is 4. The first kappa shape index (κ1) is 15.1. The van der Waals surface area contributed by atoms with Crippen LogP contribution in [0.4, 0.5) is 5.95 Å². The number of anilines is 1. The lowest BCUT2D eigenvalue weighted by Gasteiger charge is -2.31. The maximum Gasteiger partial charge on any atom is 0.243 e. The molecule has 0 fully saturated rings. The standard InChI is InChI=1S/C16H13BrIN5/c17-12-5-1-11(2-6-12)15-9-14(10-3-7-13(18)8-4-10)19-16-20-21-22-23(15)16/h1-8,14-15H,9H2,(H,19,20,22)/t14-,15+/m0/s1. The molecule has 0 bridgehead atoms. The Morgan fingerprint density at radius 2 is 1.74 bits per heavy atom. The molecule has 0 radical (unpaired) electrons. The minimum Gasteiger partial charge on any atom is -0.346 e. The molecule has 0 saturated heterocycles. The van der Waals surface area contributed by atoms with E-state index in [9.17, 15) is 0 Å². The van der Waals surface area contributed by atoms with E-state index in [4.69, 9.17) is 0 Å². The minimum absolute atomic E-state index is 0.124. The van der Waals surface area contributed by atoms with Crippen molar-refractivity contribution in [3.05, 3.63) is 67.7 Å². The van der Waals surface area contributed by atoms with Gasteiger partial charge in [-0.2, -0.15) is 0 Å². The number of tetrazole rings is 1. The molecule has 7 heteroatoms. The molecule has 2 heterocycles. The van der Waals surface area contributed by atoms with E-state index < -0.39 is 0 Å². The number of rotatable bonds is 2. The molecule has 4 rings (SSSR count). The molecule has 0 aliphatic carbocycles. The monoisotopic (exact) mass is 481 g/mol. The van der Waals surface area contributed by atoms with Crippen LogP contribution in [0.2, 0.25) is 0 Å². The second kappa shape index (κ2) is 6.20. The third-order valence-electron chi connectivity index (χ3n) is 4.08. The first-order valence-electron chi connectivity index (χ1n) is 7.26. The number of nitrogens with one attached hydrogen (secondary N) is 1. The zero-order valence-electron chi connectivity index (χ0n) is 12.0. The lowest BCUT2D eigenvalue weighted by Crippen LogP contribution is -2.28. The van der Waals surface area contributed by atoms with Gasteiger partial charge in [-0.1, -0.05) is 45.3 Å². The summed E-state index contributed by atoms with van der Waals surface area (Å²) in [5, 5.41) is 15.6. The van der Waals surface area contributed by atoms with E-state index in [1.807, 2.05) is 4.68 Å². The van der Waals surface area contributed by atoms with E-state index in [0.717, 1.165) is 10.9 Å². The van der Waals surface area contributed by atoms with Crippen LogP contribution in [0.1, 0.15) is 29.6 Å². The number of hydrogen-bond donors (Lipinski definition) is 1. The molecule has 0 amide bonds. The van der Waals surface area contributed by atoms with Gasteiger partial charge in [-0.05, 0) is 74.8 Å². The van der Waals surface area contributed by atoms with Gasteiger partial charge in [-0.25, -0.2) is 4.68 Å². The summed E-state index contributed by atoms with van der Waals surface area (Å²) < 4.78 is 4.17. The predicted molar refractivity (Wildman–Crippen MR) is 100 cm³/mol. The number of halogens is 2. The van der Waals surface area contributed by atoms with Crippen molar-refractivity contribution in [2.24, 2.45) is 0 Å². The van der Waals surface area contributed by atoms with Gasteiger partial charge in [0, 0.05) is 8.04 Å². The molecule has 2 aromatic carbocycles. The van der Waals surface area contributed by atoms with Gasteiger partial charge in [0.1, 0.15) is 0 Å². The Balaban J connectivity index is 1.71. The summed E-state index contributed by atoms with van der Waals surface area (Å²) in [6.07, 6.45) is 0.903. The SMILES string of the molecule is Brc1ccc([C@H]2C[C@@H](c3ccc(I)cc3)Nc3nnnn32)cc1. The molecule has 1 aliphatic heterocycles. The Labute approximate surface area is 155 Å². The highest BCUT2D eigenvalue weighted by atomic mass is 127. The van der Waals surface area contributed by atoms with Crippen molar-refractivity contribution in [1.29, 1.82) is 0 Å². The summed E-state index contributed by atoms with van der Waals surface area (Å²) in [5.41, 5.74) is 2.46. The summed E-state index contributed by atoms with van der Waals surface area (Å²) in [6.45, 7) is 0.